The largest absolute Gasteiger partial charge is 0.352 e. The van der Waals surface area contributed by atoms with Crippen molar-refractivity contribution in [3.8, 4) is 0 Å². The van der Waals surface area contributed by atoms with E-state index in [1.807, 2.05) is 6.07 Å². The lowest BCUT2D eigenvalue weighted by Gasteiger charge is -2.40. The van der Waals surface area contributed by atoms with Gasteiger partial charge in [-0.05, 0) is 53.6 Å². The van der Waals surface area contributed by atoms with E-state index in [1.165, 1.54) is 29.2 Å². The quantitative estimate of drug-likeness (QED) is 0.755. The number of carbonyl (C=O) groups excluding carboxylic acids is 2. The Kier molecular flexibility index (Phi) is 5.27. The molecule has 1 heterocycles. The fourth-order valence-electron chi connectivity index (χ4n) is 5.92. The summed E-state index contributed by atoms with van der Waals surface area (Å²) < 4.78 is 0. The predicted octanol–water partition coefficient (Wildman–Crippen LogP) is 3.19. The monoisotopic (exact) mass is 437 g/mol. The van der Waals surface area contributed by atoms with Gasteiger partial charge in [-0.3, -0.25) is 9.59 Å². The van der Waals surface area contributed by atoms with Crippen LogP contribution in [0.25, 0.3) is 0 Å². The SMILES string of the molecule is CC(=O)NCC(=O)NC1CCN(CC23CC(c4ccccc42)c2ccc(Cl)cc23)CC1. The molecule has 3 aliphatic rings. The minimum atomic E-state index is -0.184. The van der Waals surface area contributed by atoms with Crippen molar-refractivity contribution >= 4 is 23.4 Å². The maximum absolute atomic E-state index is 12.0. The summed E-state index contributed by atoms with van der Waals surface area (Å²) in [5.74, 6) is 0.171. The Morgan fingerprint density at radius 2 is 1.84 bits per heavy atom. The molecule has 5 nitrogen and oxygen atoms in total. The Morgan fingerprint density at radius 3 is 2.61 bits per heavy atom. The van der Waals surface area contributed by atoms with Crippen molar-refractivity contribution in [1.29, 1.82) is 0 Å². The summed E-state index contributed by atoms with van der Waals surface area (Å²) in [6, 6.07) is 15.5. The number of fused-ring (bicyclic) bond motifs is 8. The highest BCUT2D eigenvalue weighted by molar-refractivity contribution is 6.30. The van der Waals surface area contributed by atoms with E-state index in [4.69, 9.17) is 11.6 Å². The van der Waals surface area contributed by atoms with E-state index in [-0.39, 0.29) is 29.8 Å². The smallest absolute Gasteiger partial charge is 0.239 e. The molecular weight excluding hydrogens is 410 g/mol. The van der Waals surface area contributed by atoms with Crippen molar-refractivity contribution in [2.45, 2.75) is 43.6 Å². The van der Waals surface area contributed by atoms with Crippen molar-refractivity contribution < 1.29 is 9.59 Å². The third-order valence-electron chi connectivity index (χ3n) is 7.25. The summed E-state index contributed by atoms with van der Waals surface area (Å²) in [4.78, 5) is 25.6. The molecule has 1 fully saturated rings. The van der Waals surface area contributed by atoms with Crippen LogP contribution in [0, 0.1) is 0 Å². The van der Waals surface area contributed by atoms with Crippen LogP contribution in [-0.4, -0.2) is 48.9 Å². The van der Waals surface area contributed by atoms with Crippen LogP contribution in [0.3, 0.4) is 0 Å². The number of halogens is 1. The second kappa shape index (κ2) is 7.95. The number of likely N-dealkylation sites (tertiary alicyclic amines) is 1. The van der Waals surface area contributed by atoms with Crippen molar-refractivity contribution in [2.75, 3.05) is 26.2 Å². The Labute approximate surface area is 188 Å². The van der Waals surface area contributed by atoms with Crippen molar-refractivity contribution in [3.63, 3.8) is 0 Å². The third kappa shape index (κ3) is 3.64. The maximum atomic E-state index is 12.0. The number of benzene rings is 2. The van der Waals surface area contributed by atoms with E-state index in [0.29, 0.717) is 5.92 Å². The topological polar surface area (TPSA) is 61.4 Å². The van der Waals surface area contributed by atoms with Crippen molar-refractivity contribution in [3.05, 3.63) is 69.7 Å². The molecule has 0 saturated carbocycles. The first-order valence-electron chi connectivity index (χ1n) is 11.1. The lowest BCUT2D eigenvalue weighted by atomic mass is 9.74. The van der Waals surface area contributed by atoms with Crippen LogP contribution in [0.1, 0.15) is 54.4 Å². The molecule has 2 amide bonds. The van der Waals surface area contributed by atoms with Crippen LogP contribution in [0.15, 0.2) is 42.5 Å². The lowest BCUT2D eigenvalue weighted by molar-refractivity contribution is -0.125. The van der Waals surface area contributed by atoms with Gasteiger partial charge in [0.05, 0.1) is 6.54 Å². The van der Waals surface area contributed by atoms with Gasteiger partial charge < -0.3 is 15.5 Å². The number of nitrogens with one attached hydrogen (secondary N) is 2. The maximum Gasteiger partial charge on any atom is 0.239 e. The Morgan fingerprint density at radius 1 is 1.10 bits per heavy atom. The molecule has 2 N–H and O–H groups in total. The van der Waals surface area contributed by atoms with Gasteiger partial charge in [0.15, 0.2) is 0 Å². The molecule has 0 aromatic heterocycles. The van der Waals surface area contributed by atoms with E-state index < -0.39 is 0 Å². The van der Waals surface area contributed by atoms with Crippen molar-refractivity contribution in [1.82, 2.24) is 15.5 Å². The van der Waals surface area contributed by atoms with Gasteiger partial charge in [0, 0.05) is 49.0 Å². The van der Waals surface area contributed by atoms with Crippen LogP contribution >= 0.6 is 11.6 Å². The van der Waals surface area contributed by atoms with E-state index in [9.17, 15) is 9.59 Å². The minimum Gasteiger partial charge on any atom is -0.352 e. The van der Waals surface area contributed by atoms with Gasteiger partial charge in [-0.2, -0.15) is 0 Å². The molecule has 5 rings (SSSR count). The standard InChI is InChI=1S/C25H28ClN3O2/c1-16(30)27-14-24(31)28-18-8-10-29(11-9-18)15-25-13-21(19-4-2-3-5-22(19)25)20-7-6-17(26)12-23(20)25/h2-7,12,18,21H,8-11,13-15H2,1H3,(H,27,30)(H,28,31). The molecule has 0 spiro atoms. The zero-order chi connectivity index (χ0) is 21.6. The average Bonchev–Trinajstić information content (AvgIpc) is 3.25. The van der Waals surface area contributed by atoms with Crippen LogP contribution in [0.5, 0.6) is 0 Å². The molecule has 2 aromatic rings. The molecule has 2 unspecified atom stereocenters. The first-order chi connectivity index (χ1) is 15.0. The third-order valence-corrected chi connectivity index (χ3v) is 7.49. The summed E-state index contributed by atoms with van der Waals surface area (Å²) in [7, 11) is 0. The predicted molar refractivity (Wildman–Crippen MR) is 121 cm³/mol. The van der Waals surface area contributed by atoms with Gasteiger partial charge in [-0.1, -0.05) is 41.9 Å². The van der Waals surface area contributed by atoms with Crippen molar-refractivity contribution in [2.24, 2.45) is 0 Å². The molecule has 2 aliphatic carbocycles. The molecular formula is C25H28ClN3O2. The number of nitrogens with zero attached hydrogens (tertiary/aromatic N) is 1. The molecule has 2 bridgehead atoms. The normalized spacial score (nSPS) is 24.5. The second-order valence-corrected chi connectivity index (χ2v) is 9.62. The van der Waals surface area contributed by atoms with Crippen LogP contribution in [0.2, 0.25) is 5.02 Å². The number of carbonyl (C=O) groups is 2. The Bertz CT molecular complexity index is 1030. The first kappa shape index (κ1) is 20.5. The number of amides is 2. The summed E-state index contributed by atoms with van der Waals surface area (Å²) in [5, 5.41) is 6.43. The van der Waals surface area contributed by atoms with Gasteiger partial charge in [0.25, 0.3) is 0 Å². The Balaban J connectivity index is 1.30. The van der Waals surface area contributed by atoms with Gasteiger partial charge >= 0.3 is 0 Å². The van der Waals surface area contributed by atoms with E-state index in [2.05, 4.69) is 51.9 Å². The number of hydrogen-bond donors (Lipinski definition) is 2. The molecule has 162 valence electrons. The average molecular weight is 438 g/mol. The zero-order valence-corrected chi connectivity index (χ0v) is 18.5. The summed E-state index contributed by atoms with van der Waals surface area (Å²) >= 11 is 6.43. The molecule has 1 aliphatic heterocycles. The molecule has 2 atom stereocenters. The Hall–Kier alpha value is -2.37. The van der Waals surface area contributed by atoms with Crippen LogP contribution in [-0.2, 0) is 15.0 Å². The number of piperidine rings is 1. The molecule has 0 radical (unpaired) electrons. The minimum absolute atomic E-state index is 0.00296. The van der Waals surface area contributed by atoms with Gasteiger partial charge in [0.1, 0.15) is 0 Å². The fourth-order valence-corrected chi connectivity index (χ4v) is 6.09. The summed E-state index contributed by atoms with van der Waals surface area (Å²) in [5.41, 5.74) is 5.76. The number of hydrogen-bond acceptors (Lipinski definition) is 3. The van der Waals surface area contributed by atoms with Crippen LogP contribution in [0.4, 0.5) is 0 Å². The molecule has 6 heteroatoms. The first-order valence-corrected chi connectivity index (χ1v) is 11.5. The van der Waals surface area contributed by atoms with Crippen LogP contribution < -0.4 is 10.6 Å². The summed E-state index contributed by atoms with van der Waals surface area (Å²) in [6.45, 7) is 4.37. The molecule has 2 aromatic carbocycles. The van der Waals surface area contributed by atoms with Gasteiger partial charge in [0.2, 0.25) is 11.8 Å². The number of rotatable bonds is 5. The summed E-state index contributed by atoms with van der Waals surface area (Å²) in [6.07, 6.45) is 2.97. The molecule has 1 saturated heterocycles. The van der Waals surface area contributed by atoms with E-state index in [1.54, 1.807) is 0 Å². The fraction of sp³-hybridized carbons (Fsp3) is 0.440. The lowest BCUT2D eigenvalue weighted by Crippen LogP contribution is -2.49. The van der Waals surface area contributed by atoms with Gasteiger partial charge in [-0.25, -0.2) is 0 Å². The second-order valence-electron chi connectivity index (χ2n) is 9.19. The van der Waals surface area contributed by atoms with E-state index >= 15 is 0 Å². The highest BCUT2D eigenvalue weighted by Crippen LogP contribution is 2.60. The highest BCUT2D eigenvalue weighted by atomic mass is 35.5. The highest BCUT2D eigenvalue weighted by Gasteiger charge is 2.53. The molecule has 31 heavy (non-hydrogen) atoms. The van der Waals surface area contributed by atoms with Gasteiger partial charge in [-0.15, -0.1) is 0 Å². The van der Waals surface area contributed by atoms with E-state index in [0.717, 1.165) is 43.9 Å². The zero-order valence-electron chi connectivity index (χ0n) is 17.8.